The highest BCUT2D eigenvalue weighted by atomic mass is 19.4. The molecule has 1 saturated heterocycles. The molecule has 2 saturated carbocycles. The van der Waals surface area contributed by atoms with Crippen LogP contribution in [0.1, 0.15) is 41.8 Å². The molecule has 3 aromatic rings. The molecule has 0 spiro atoms. The summed E-state index contributed by atoms with van der Waals surface area (Å²) in [5.41, 5.74) is -1.74. The maximum atomic E-state index is 13.9. The number of ether oxygens (including phenoxy) is 4. The second-order valence-electron chi connectivity index (χ2n) is 11.3. The molecule has 1 aliphatic heterocycles. The van der Waals surface area contributed by atoms with Gasteiger partial charge in [0.1, 0.15) is 29.3 Å². The highest BCUT2D eigenvalue weighted by molar-refractivity contribution is 5.91. The summed E-state index contributed by atoms with van der Waals surface area (Å²) in [5, 5.41) is 0. The van der Waals surface area contributed by atoms with Gasteiger partial charge in [-0.25, -0.2) is 4.79 Å². The number of carbonyl (C=O) groups is 3. The van der Waals surface area contributed by atoms with Gasteiger partial charge < -0.3 is 18.9 Å². The minimum absolute atomic E-state index is 0.172. The Kier molecular flexibility index (Phi) is 6.74. The molecule has 2 bridgehead atoms. The smallest absolute Gasteiger partial charge is 0.419 e. The predicted molar refractivity (Wildman–Crippen MR) is 141 cm³/mol. The van der Waals surface area contributed by atoms with E-state index in [9.17, 15) is 27.6 Å². The number of benzene rings is 3. The number of esters is 3. The lowest BCUT2D eigenvalue weighted by Crippen LogP contribution is -2.44. The molecule has 6 rings (SSSR count). The highest BCUT2D eigenvalue weighted by Crippen LogP contribution is 2.59. The van der Waals surface area contributed by atoms with Crippen molar-refractivity contribution in [1.82, 2.24) is 0 Å². The van der Waals surface area contributed by atoms with Crippen LogP contribution in [0.25, 0.3) is 0 Å². The third kappa shape index (κ3) is 4.88. The fourth-order valence-corrected chi connectivity index (χ4v) is 6.47. The average molecular weight is 581 g/mol. The third-order valence-electron chi connectivity index (χ3n) is 8.38. The standard InChI is InChI=1S/C32H27F3O7/c1-31(2,18-9-5-3-6-10-18)42-23-15-17(13-14-22(23)32(33,34)35)28(36)40-26-20-16-21-25(30(38)41-27(21)26)24(20)29(37)39-19-11-7-4-8-12-19/h3-15,20-21,24-27H,16H2,1-2H3. The molecular weight excluding hydrogens is 553 g/mol. The van der Waals surface area contributed by atoms with E-state index in [0.29, 0.717) is 17.7 Å². The van der Waals surface area contributed by atoms with E-state index in [4.69, 9.17) is 18.9 Å². The number of hydrogen-bond acceptors (Lipinski definition) is 7. The van der Waals surface area contributed by atoms with Gasteiger partial charge in [0.05, 0.1) is 23.0 Å². The maximum Gasteiger partial charge on any atom is 0.419 e. The normalized spacial score (nSPS) is 26.1. The van der Waals surface area contributed by atoms with Crippen molar-refractivity contribution in [2.24, 2.45) is 23.7 Å². The number of halogens is 3. The Hall–Kier alpha value is -4.34. The number of alkyl halides is 3. The largest absolute Gasteiger partial charge is 0.483 e. The Morgan fingerprint density at radius 3 is 2.24 bits per heavy atom. The molecule has 10 heteroatoms. The van der Waals surface area contributed by atoms with Crippen molar-refractivity contribution in [3.05, 3.63) is 95.6 Å². The van der Waals surface area contributed by atoms with Crippen LogP contribution in [0.3, 0.4) is 0 Å². The first-order valence-corrected chi connectivity index (χ1v) is 13.6. The Morgan fingerprint density at radius 1 is 0.905 bits per heavy atom. The minimum Gasteiger partial charge on any atom is -0.483 e. The van der Waals surface area contributed by atoms with E-state index in [1.165, 1.54) is 0 Å². The van der Waals surface area contributed by atoms with Crippen molar-refractivity contribution in [2.75, 3.05) is 0 Å². The van der Waals surface area contributed by atoms with Gasteiger partial charge in [-0.15, -0.1) is 0 Å². The second kappa shape index (κ2) is 10.2. The zero-order valence-electron chi connectivity index (χ0n) is 22.7. The Balaban J connectivity index is 1.25. The van der Waals surface area contributed by atoms with Crippen molar-refractivity contribution in [2.45, 2.75) is 44.3 Å². The van der Waals surface area contributed by atoms with E-state index in [1.54, 1.807) is 74.5 Å². The van der Waals surface area contributed by atoms with E-state index in [0.717, 1.165) is 18.2 Å². The van der Waals surface area contributed by atoms with Crippen LogP contribution < -0.4 is 9.47 Å². The van der Waals surface area contributed by atoms with Gasteiger partial charge in [-0.3, -0.25) is 9.59 Å². The van der Waals surface area contributed by atoms with Gasteiger partial charge >= 0.3 is 24.1 Å². The maximum absolute atomic E-state index is 13.9. The van der Waals surface area contributed by atoms with Crippen LogP contribution in [0.4, 0.5) is 13.2 Å². The summed E-state index contributed by atoms with van der Waals surface area (Å²) in [4.78, 5) is 39.2. The van der Waals surface area contributed by atoms with Gasteiger partial charge in [0.25, 0.3) is 0 Å². The Labute approximate surface area is 239 Å². The predicted octanol–water partition coefficient (Wildman–Crippen LogP) is 5.96. The lowest BCUT2D eigenvalue weighted by atomic mass is 9.78. The highest BCUT2D eigenvalue weighted by Gasteiger charge is 2.70. The van der Waals surface area contributed by atoms with Crippen molar-refractivity contribution < 1.29 is 46.5 Å². The number of para-hydroxylation sites is 1. The molecule has 0 aromatic heterocycles. The summed E-state index contributed by atoms with van der Waals surface area (Å²) in [6.07, 6.45) is -6.01. The molecule has 3 aliphatic rings. The van der Waals surface area contributed by atoms with Crippen LogP contribution in [-0.4, -0.2) is 30.1 Å². The number of carbonyl (C=O) groups excluding carboxylic acids is 3. The monoisotopic (exact) mass is 580 g/mol. The lowest BCUT2D eigenvalue weighted by Gasteiger charge is -2.30. The van der Waals surface area contributed by atoms with Crippen LogP contribution in [0.2, 0.25) is 0 Å². The molecular formula is C32H27F3O7. The fraction of sp³-hybridized carbons (Fsp3) is 0.344. The molecule has 218 valence electrons. The van der Waals surface area contributed by atoms with Crippen molar-refractivity contribution in [3.63, 3.8) is 0 Å². The summed E-state index contributed by atoms with van der Waals surface area (Å²) in [7, 11) is 0. The van der Waals surface area contributed by atoms with Crippen molar-refractivity contribution in [3.8, 4) is 11.5 Å². The van der Waals surface area contributed by atoms with Crippen LogP contribution in [0, 0.1) is 23.7 Å². The molecule has 7 nitrogen and oxygen atoms in total. The van der Waals surface area contributed by atoms with Crippen molar-refractivity contribution in [1.29, 1.82) is 0 Å². The quantitative estimate of drug-likeness (QED) is 0.252. The van der Waals surface area contributed by atoms with Gasteiger partial charge in [0, 0.05) is 11.8 Å². The Morgan fingerprint density at radius 2 is 1.57 bits per heavy atom. The zero-order valence-corrected chi connectivity index (χ0v) is 22.7. The van der Waals surface area contributed by atoms with Crippen LogP contribution in [-0.2, 0) is 30.8 Å². The molecule has 6 atom stereocenters. The van der Waals surface area contributed by atoms with Gasteiger partial charge in [0.15, 0.2) is 0 Å². The first-order chi connectivity index (χ1) is 19.9. The number of fused-ring (bicyclic) bond motifs is 1. The summed E-state index contributed by atoms with van der Waals surface area (Å²) in [5.74, 6) is -4.74. The van der Waals surface area contributed by atoms with E-state index in [-0.39, 0.29) is 11.5 Å². The molecule has 0 amide bonds. The summed E-state index contributed by atoms with van der Waals surface area (Å²) < 4.78 is 64.4. The van der Waals surface area contributed by atoms with Gasteiger partial charge in [-0.2, -0.15) is 13.2 Å². The molecule has 42 heavy (non-hydrogen) atoms. The molecule has 0 N–H and O–H groups in total. The molecule has 2 aliphatic carbocycles. The summed E-state index contributed by atoms with van der Waals surface area (Å²) in [6, 6.07) is 19.9. The fourth-order valence-electron chi connectivity index (χ4n) is 6.47. The molecule has 1 heterocycles. The first kappa shape index (κ1) is 27.8. The molecule has 3 fully saturated rings. The van der Waals surface area contributed by atoms with Crippen LogP contribution in [0.15, 0.2) is 78.9 Å². The summed E-state index contributed by atoms with van der Waals surface area (Å²) in [6.45, 7) is 3.25. The lowest BCUT2D eigenvalue weighted by molar-refractivity contribution is -0.149. The molecule has 6 unspecified atom stereocenters. The van der Waals surface area contributed by atoms with Crippen LogP contribution >= 0.6 is 0 Å². The van der Waals surface area contributed by atoms with Gasteiger partial charge in [-0.1, -0.05) is 48.5 Å². The number of hydrogen-bond donors (Lipinski definition) is 0. The SMILES string of the molecule is CC(C)(Oc1cc(C(=O)OC2C3CC4C2OC(=O)C4C3C(=O)Oc2ccccc2)ccc1C(F)(F)F)c1ccccc1. The average Bonchev–Trinajstić information content (AvgIpc) is 3.57. The summed E-state index contributed by atoms with van der Waals surface area (Å²) >= 11 is 0. The third-order valence-corrected chi connectivity index (χ3v) is 8.38. The molecule has 0 radical (unpaired) electrons. The Bertz CT molecular complexity index is 1520. The minimum atomic E-state index is -4.74. The number of rotatable bonds is 7. The van der Waals surface area contributed by atoms with Crippen molar-refractivity contribution >= 4 is 17.9 Å². The van der Waals surface area contributed by atoms with E-state index in [2.05, 4.69) is 0 Å². The van der Waals surface area contributed by atoms with E-state index < -0.39 is 71.0 Å². The van der Waals surface area contributed by atoms with E-state index >= 15 is 0 Å². The first-order valence-electron chi connectivity index (χ1n) is 13.6. The zero-order chi connectivity index (χ0) is 29.8. The van der Waals surface area contributed by atoms with Gasteiger partial charge in [-0.05, 0) is 56.2 Å². The molecule has 3 aromatic carbocycles. The van der Waals surface area contributed by atoms with Crippen LogP contribution in [0.5, 0.6) is 11.5 Å². The van der Waals surface area contributed by atoms with Gasteiger partial charge in [0.2, 0.25) is 0 Å². The second-order valence-corrected chi connectivity index (χ2v) is 11.3. The topological polar surface area (TPSA) is 88.1 Å². The van der Waals surface area contributed by atoms with E-state index in [1.807, 2.05) is 0 Å².